The van der Waals surface area contributed by atoms with Gasteiger partial charge in [-0.25, -0.2) is 9.78 Å². The molecule has 0 atom stereocenters. The molecule has 0 saturated heterocycles. The van der Waals surface area contributed by atoms with Crippen LogP contribution in [0.3, 0.4) is 0 Å². The van der Waals surface area contributed by atoms with Gasteiger partial charge in [0, 0.05) is 11.8 Å². The summed E-state index contributed by atoms with van der Waals surface area (Å²) in [5.74, 6) is -0.752. The summed E-state index contributed by atoms with van der Waals surface area (Å²) in [5, 5.41) is 0. The van der Waals surface area contributed by atoms with Crippen molar-refractivity contribution >= 4 is 17.0 Å². The predicted molar refractivity (Wildman–Crippen MR) is 94.5 cm³/mol. The third-order valence-electron chi connectivity index (χ3n) is 4.04. The quantitative estimate of drug-likeness (QED) is 0.537. The molecule has 0 aliphatic heterocycles. The Labute approximate surface area is 143 Å². The highest BCUT2D eigenvalue weighted by molar-refractivity contribution is 5.96. The molecule has 122 valence electrons. The van der Waals surface area contributed by atoms with Crippen LogP contribution in [0.5, 0.6) is 0 Å². The summed E-state index contributed by atoms with van der Waals surface area (Å²) in [5.41, 5.74) is 3.41. The van der Waals surface area contributed by atoms with E-state index in [0.717, 1.165) is 11.1 Å². The number of oxazole rings is 1. The van der Waals surface area contributed by atoms with Crippen LogP contribution < -0.4 is 5.76 Å². The fourth-order valence-corrected chi connectivity index (χ4v) is 2.75. The normalized spacial score (nSPS) is 10.9. The second-order valence-electron chi connectivity index (χ2n) is 5.65. The first-order chi connectivity index (χ1) is 12.2. The van der Waals surface area contributed by atoms with Crippen molar-refractivity contribution in [3.05, 3.63) is 89.0 Å². The van der Waals surface area contributed by atoms with Crippen molar-refractivity contribution in [1.29, 1.82) is 0 Å². The van der Waals surface area contributed by atoms with Gasteiger partial charge >= 0.3 is 5.76 Å². The first kappa shape index (κ1) is 15.1. The summed E-state index contributed by atoms with van der Waals surface area (Å²) in [4.78, 5) is 28.6. The Balaban J connectivity index is 1.61. The number of benzene rings is 2. The van der Waals surface area contributed by atoms with Gasteiger partial charge in [0.2, 0.25) is 0 Å². The van der Waals surface area contributed by atoms with E-state index >= 15 is 0 Å². The van der Waals surface area contributed by atoms with Crippen LogP contribution in [0.25, 0.3) is 22.4 Å². The molecule has 2 aromatic heterocycles. The highest BCUT2D eigenvalue weighted by atomic mass is 16.4. The van der Waals surface area contributed by atoms with Crippen LogP contribution in [0.15, 0.2) is 82.1 Å². The molecule has 5 heteroatoms. The second-order valence-corrected chi connectivity index (χ2v) is 5.65. The molecule has 0 unspecified atom stereocenters. The van der Waals surface area contributed by atoms with E-state index in [1.54, 1.807) is 30.5 Å². The molecule has 2 aromatic carbocycles. The fraction of sp³-hybridized carbons (Fsp3) is 0.0500. The number of Topliss-reactive ketones (excluding diaryl/α,β-unsaturated/α-hetero) is 1. The average molecular weight is 330 g/mol. The second kappa shape index (κ2) is 6.20. The molecule has 0 aliphatic rings. The van der Waals surface area contributed by atoms with Gasteiger partial charge < -0.3 is 4.42 Å². The minimum Gasteiger partial charge on any atom is -0.406 e. The van der Waals surface area contributed by atoms with Gasteiger partial charge in [0.05, 0.1) is 6.54 Å². The van der Waals surface area contributed by atoms with Crippen molar-refractivity contribution in [3.8, 4) is 11.1 Å². The number of pyridine rings is 1. The van der Waals surface area contributed by atoms with Crippen LogP contribution >= 0.6 is 0 Å². The van der Waals surface area contributed by atoms with Crippen LogP contribution in [-0.4, -0.2) is 15.3 Å². The lowest BCUT2D eigenvalue weighted by Crippen LogP contribution is -2.20. The highest BCUT2D eigenvalue weighted by Gasteiger charge is 2.14. The van der Waals surface area contributed by atoms with E-state index in [1.165, 1.54) is 4.57 Å². The summed E-state index contributed by atoms with van der Waals surface area (Å²) in [6.07, 6.45) is 1.56. The van der Waals surface area contributed by atoms with E-state index in [4.69, 9.17) is 4.42 Å². The number of fused-ring (bicyclic) bond motifs is 1. The standard InChI is InChI=1S/C20H14N2O3/c23-17(13-22-19-18(25-20(22)24)7-4-12-21-19)16-10-8-15(9-11-16)14-5-2-1-3-6-14/h1-12H,13H2. The zero-order chi connectivity index (χ0) is 17.2. The zero-order valence-electron chi connectivity index (χ0n) is 13.3. The topological polar surface area (TPSA) is 65.1 Å². The molecule has 25 heavy (non-hydrogen) atoms. The molecule has 0 fully saturated rings. The fourth-order valence-electron chi connectivity index (χ4n) is 2.75. The third-order valence-corrected chi connectivity index (χ3v) is 4.04. The number of carbonyl (C=O) groups excluding carboxylic acids is 1. The Hall–Kier alpha value is -3.47. The van der Waals surface area contributed by atoms with Crippen LogP contribution in [0.4, 0.5) is 0 Å². The summed E-state index contributed by atoms with van der Waals surface area (Å²) in [6, 6.07) is 20.6. The van der Waals surface area contributed by atoms with Crippen molar-refractivity contribution in [3.63, 3.8) is 0 Å². The van der Waals surface area contributed by atoms with Crippen molar-refractivity contribution in [2.24, 2.45) is 0 Å². The van der Waals surface area contributed by atoms with Crippen LogP contribution in [0.1, 0.15) is 10.4 Å². The Morgan fingerprint density at radius 2 is 1.64 bits per heavy atom. The number of carbonyl (C=O) groups is 1. The Kier molecular flexibility index (Phi) is 3.74. The predicted octanol–water partition coefficient (Wildman–Crippen LogP) is 3.54. The summed E-state index contributed by atoms with van der Waals surface area (Å²) < 4.78 is 6.36. The van der Waals surface area contributed by atoms with Crippen molar-refractivity contribution < 1.29 is 9.21 Å². The van der Waals surface area contributed by atoms with E-state index in [1.807, 2.05) is 42.5 Å². The average Bonchev–Trinajstić information content (AvgIpc) is 2.98. The largest absolute Gasteiger partial charge is 0.421 e. The molecule has 0 spiro atoms. The molecule has 0 saturated carbocycles. The number of hydrogen-bond donors (Lipinski definition) is 0. The van der Waals surface area contributed by atoms with Crippen molar-refractivity contribution in [2.75, 3.05) is 0 Å². The molecule has 0 aliphatic carbocycles. The van der Waals surface area contributed by atoms with Gasteiger partial charge in [0.15, 0.2) is 17.0 Å². The SMILES string of the molecule is O=C(Cn1c(=O)oc2cccnc21)c1ccc(-c2ccccc2)cc1. The van der Waals surface area contributed by atoms with Gasteiger partial charge in [-0.05, 0) is 23.3 Å². The van der Waals surface area contributed by atoms with Crippen molar-refractivity contribution in [2.45, 2.75) is 6.54 Å². The smallest absolute Gasteiger partial charge is 0.406 e. The highest BCUT2D eigenvalue weighted by Crippen LogP contribution is 2.19. The third kappa shape index (κ3) is 2.87. The molecule has 4 rings (SSSR count). The van der Waals surface area contributed by atoms with Crippen molar-refractivity contribution in [1.82, 2.24) is 9.55 Å². The molecular formula is C20H14N2O3. The zero-order valence-corrected chi connectivity index (χ0v) is 13.3. The lowest BCUT2D eigenvalue weighted by Gasteiger charge is -2.04. The van der Waals surface area contributed by atoms with E-state index in [0.29, 0.717) is 16.8 Å². The van der Waals surface area contributed by atoms with Crippen LogP contribution in [0.2, 0.25) is 0 Å². The number of rotatable bonds is 4. The number of ketones is 1. The Morgan fingerprint density at radius 3 is 2.40 bits per heavy atom. The monoisotopic (exact) mass is 330 g/mol. The molecule has 0 radical (unpaired) electrons. The van der Waals surface area contributed by atoms with Crippen LogP contribution in [-0.2, 0) is 6.54 Å². The lowest BCUT2D eigenvalue weighted by atomic mass is 10.0. The maximum absolute atomic E-state index is 12.5. The van der Waals surface area contributed by atoms with E-state index in [9.17, 15) is 9.59 Å². The van der Waals surface area contributed by atoms with Gasteiger partial charge in [0.1, 0.15) is 0 Å². The molecule has 0 N–H and O–H groups in total. The molecule has 2 heterocycles. The van der Waals surface area contributed by atoms with Gasteiger partial charge in [-0.3, -0.25) is 9.36 Å². The first-order valence-corrected chi connectivity index (χ1v) is 7.85. The lowest BCUT2D eigenvalue weighted by molar-refractivity contribution is 0.0970. The molecule has 0 bridgehead atoms. The summed E-state index contributed by atoms with van der Waals surface area (Å²) in [6.45, 7) is -0.104. The van der Waals surface area contributed by atoms with Gasteiger partial charge in [-0.15, -0.1) is 0 Å². The minimum absolute atomic E-state index is 0.104. The van der Waals surface area contributed by atoms with Gasteiger partial charge in [-0.1, -0.05) is 54.6 Å². The van der Waals surface area contributed by atoms with E-state index in [2.05, 4.69) is 4.98 Å². The summed E-state index contributed by atoms with van der Waals surface area (Å²) in [7, 11) is 0. The van der Waals surface area contributed by atoms with E-state index in [-0.39, 0.29) is 12.3 Å². The van der Waals surface area contributed by atoms with Gasteiger partial charge in [0.25, 0.3) is 0 Å². The van der Waals surface area contributed by atoms with Crippen LogP contribution in [0, 0.1) is 0 Å². The molecule has 5 nitrogen and oxygen atoms in total. The minimum atomic E-state index is -0.581. The van der Waals surface area contributed by atoms with Gasteiger partial charge in [-0.2, -0.15) is 0 Å². The molecule has 4 aromatic rings. The number of hydrogen-bond acceptors (Lipinski definition) is 4. The Bertz CT molecular complexity index is 1090. The molecular weight excluding hydrogens is 316 g/mol. The number of nitrogens with zero attached hydrogens (tertiary/aromatic N) is 2. The van der Waals surface area contributed by atoms with E-state index < -0.39 is 5.76 Å². The maximum atomic E-state index is 12.5. The first-order valence-electron chi connectivity index (χ1n) is 7.85. The number of aromatic nitrogens is 2. The summed E-state index contributed by atoms with van der Waals surface area (Å²) >= 11 is 0. The maximum Gasteiger partial charge on any atom is 0.421 e. The Morgan fingerprint density at radius 1 is 0.920 bits per heavy atom. The molecule has 0 amide bonds.